The zero-order valence-electron chi connectivity index (χ0n) is 8.47. The maximum Gasteiger partial charge on any atom is 0.0487 e. The van der Waals surface area contributed by atoms with Crippen molar-refractivity contribution in [3.8, 4) is 0 Å². The fourth-order valence-electron chi connectivity index (χ4n) is 2.29. The Morgan fingerprint density at radius 2 is 1.83 bits per heavy atom. The lowest BCUT2D eigenvalue weighted by molar-refractivity contribution is 0.0189. The fourth-order valence-corrected chi connectivity index (χ4v) is 2.29. The van der Waals surface area contributed by atoms with Crippen LogP contribution in [0.4, 0.5) is 0 Å². The van der Waals surface area contributed by atoms with Crippen LogP contribution in [-0.2, 0) is 0 Å². The van der Waals surface area contributed by atoms with E-state index in [-0.39, 0.29) is 0 Å². The highest BCUT2D eigenvalue weighted by molar-refractivity contribution is 4.88. The minimum atomic E-state index is 0.344. The van der Waals surface area contributed by atoms with Gasteiger partial charge < -0.3 is 5.11 Å². The van der Waals surface area contributed by atoms with Gasteiger partial charge >= 0.3 is 0 Å². The van der Waals surface area contributed by atoms with Gasteiger partial charge in [0.2, 0.25) is 0 Å². The van der Waals surface area contributed by atoms with E-state index in [4.69, 9.17) is 0 Å². The number of rotatable bonds is 5. The van der Waals surface area contributed by atoms with E-state index in [1.165, 1.54) is 38.5 Å². The maximum atomic E-state index is 9.28. The quantitative estimate of drug-likeness (QED) is 0.672. The summed E-state index contributed by atoms with van der Waals surface area (Å²) in [5, 5.41) is 9.28. The molecule has 0 heterocycles. The molecule has 0 aliphatic heterocycles. The number of hydrogen-bond acceptors (Lipinski definition) is 1. The molecule has 0 aromatic carbocycles. The van der Waals surface area contributed by atoms with Gasteiger partial charge in [0.05, 0.1) is 0 Å². The first kappa shape index (κ1) is 10.0. The summed E-state index contributed by atoms with van der Waals surface area (Å²) in [7, 11) is 0. The number of aliphatic hydroxyl groups excluding tert-OH is 1. The molecule has 1 fully saturated rings. The van der Waals surface area contributed by atoms with Crippen LogP contribution in [0.2, 0.25) is 0 Å². The fraction of sp³-hybridized carbons (Fsp3) is 1.00. The molecule has 0 bridgehead atoms. The second-order valence-corrected chi connectivity index (χ2v) is 4.40. The van der Waals surface area contributed by atoms with Crippen LogP contribution >= 0.6 is 0 Å². The Kier molecular flexibility index (Phi) is 3.57. The van der Waals surface area contributed by atoms with Crippen LogP contribution in [0.15, 0.2) is 0 Å². The Labute approximate surface area is 76.2 Å². The van der Waals surface area contributed by atoms with Gasteiger partial charge in [-0.2, -0.15) is 0 Å². The first-order chi connectivity index (χ1) is 5.76. The molecule has 0 saturated heterocycles. The van der Waals surface area contributed by atoms with Crippen molar-refractivity contribution >= 4 is 0 Å². The van der Waals surface area contributed by atoms with E-state index in [2.05, 4.69) is 13.8 Å². The van der Waals surface area contributed by atoms with Crippen LogP contribution in [0.3, 0.4) is 0 Å². The third-order valence-corrected chi connectivity index (χ3v) is 3.63. The molecule has 1 aliphatic carbocycles. The van der Waals surface area contributed by atoms with Crippen molar-refractivity contribution in [2.45, 2.75) is 52.4 Å². The summed E-state index contributed by atoms with van der Waals surface area (Å²) in [5.41, 5.74) is 0.344. The van der Waals surface area contributed by atoms with E-state index in [0.29, 0.717) is 12.0 Å². The molecule has 0 aromatic rings. The summed E-state index contributed by atoms with van der Waals surface area (Å²) < 4.78 is 0. The van der Waals surface area contributed by atoms with Crippen LogP contribution in [0, 0.1) is 11.3 Å². The molecule has 1 N–H and O–H groups in total. The van der Waals surface area contributed by atoms with Crippen molar-refractivity contribution < 1.29 is 5.11 Å². The van der Waals surface area contributed by atoms with E-state index in [9.17, 15) is 5.11 Å². The van der Waals surface area contributed by atoms with Crippen molar-refractivity contribution in [1.82, 2.24) is 0 Å². The van der Waals surface area contributed by atoms with E-state index >= 15 is 0 Å². The molecule has 0 radical (unpaired) electrons. The standard InChI is InChI=1S/C11H22O/c1-3-10(4-2)8-11(9-12)6-5-7-11/h10,12H,3-9H2,1-2H3. The number of hydrogen-bond donors (Lipinski definition) is 1. The topological polar surface area (TPSA) is 20.2 Å². The molecule has 1 rings (SSSR count). The molecule has 1 aliphatic rings. The molecular weight excluding hydrogens is 148 g/mol. The zero-order chi connectivity index (χ0) is 9.03. The van der Waals surface area contributed by atoms with Crippen LogP contribution in [0.1, 0.15) is 52.4 Å². The molecule has 0 aromatic heterocycles. The minimum Gasteiger partial charge on any atom is -0.396 e. The third-order valence-electron chi connectivity index (χ3n) is 3.63. The summed E-state index contributed by atoms with van der Waals surface area (Å²) >= 11 is 0. The van der Waals surface area contributed by atoms with E-state index < -0.39 is 0 Å². The summed E-state index contributed by atoms with van der Waals surface area (Å²) in [4.78, 5) is 0. The van der Waals surface area contributed by atoms with Crippen LogP contribution < -0.4 is 0 Å². The SMILES string of the molecule is CCC(CC)CC1(CO)CCC1. The lowest BCUT2D eigenvalue weighted by atomic mass is 9.64. The maximum absolute atomic E-state index is 9.28. The molecule has 1 saturated carbocycles. The molecule has 0 spiro atoms. The molecule has 72 valence electrons. The average Bonchev–Trinajstić information content (AvgIpc) is 2.05. The van der Waals surface area contributed by atoms with E-state index in [1.54, 1.807) is 0 Å². The molecular formula is C11H22O. The average molecular weight is 170 g/mol. The predicted octanol–water partition coefficient (Wildman–Crippen LogP) is 2.98. The monoisotopic (exact) mass is 170 g/mol. The molecule has 1 nitrogen and oxygen atoms in total. The van der Waals surface area contributed by atoms with Gasteiger partial charge in [-0.3, -0.25) is 0 Å². The summed E-state index contributed by atoms with van der Waals surface area (Å²) in [6.07, 6.45) is 7.67. The molecule has 0 amide bonds. The zero-order valence-corrected chi connectivity index (χ0v) is 8.47. The lowest BCUT2D eigenvalue weighted by Gasteiger charge is -2.42. The largest absolute Gasteiger partial charge is 0.396 e. The number of aliphatic hydroxyl groups is 1. The van der Waals surface area contributed by atoms with Gasteiger partial charge in [-0.1, -0.05) is 33.1 Å². The summed E-state index contributed by atoms with van der Waals surface area (Å²) in [5.74, 6) is 0.845. The lowest BCUT2D eigenvalue weighted by Crippen LogP contribution is -2.35. The van der Waals surface area contributed by atoms with Gasteiger partial charge in [0.25, 0.3) is 0 Å². The van der Waals surface area contributed by atoms with Crippen molar-refractivity contribution in [1.29, 1.82) is 0 Å². The Balaban J connectivity index is 2.35. The van der Waals surface area contributed by atoms with Gasteiger partial charge in [-0.15, -0.1) is 0 Å². The Morgan fingerprint density at radius 3 is 2.08 bits per heavy atom. The van der Waals surface area contributed by atoms with Gasteiger partial charge in [0.15, 0.2) is 0 Å². The van der Waals surface area contributed by atoms with Crippen LogP contribution in [0.5, 0.6) is 0 Å². The Bertz CT molecular complexity index is 117. The Morgan fingerprint density at radius 1 is 1.25 bits per heavy atom. The molecule has 1 heteroatoms. The van der Waals surface area contributed by atoms with E-state index in [1.807, 2.05) is 0 Å². The highest BCUT2D eigenvalue weighted by Crippen LogP contribution is 2.46. The van der Waals surface area contributed by atoms with E-state index in [0.717, 1.165) is 5.92 Å². The highest BCUT2D eigenvalue weighted by Gasteiger charge is 2.37. The third kappa shape index (κ3) is 2.01. The predicted molar refractivity (Wildman–Crippen MR) is 52.1 cm³/mol. The second-order valence-electron chi connectivity index (χ2n) is 4.40. The van der Waals surface area contributed by atoms with Crippen LogP contribution in [0.25, 0.3) is 0 Å². The molecule has 12 heavy (non-hydrogen) atoms. The van der Waals surface area contributed by atoms with Crippen molar-refractivity contribution in [3.05, 3.63) is 0 Å². The van der Waals surface area contributed by atoms with Crippen LogP contribution in [-0.4, -0.2) is 11.7 Å². The van der Waals surface area contributed by atoms with Gasteiger partial charge in [0.1, 0.15) is 0 Å². The molecule has 0 atom stereocenters. The summed E-state index contributed by atoms with van der Waals surface area (Å²) in [6.45, 7) is 4.94. The smallest absolute Gasteiger partial charge is 0.0487 e. The first-order valence-electron chi connectivity index (χ1n) is 5.37. The first-order valence-corrected chi connectivity index (χ1v) is 5.37. The Hall–Kier alpha value is -0.0400. The van der Waals surface area contributed by atoms with Gasteiger partial charge in [-0.25, -0.2) is 0 Å². The normalized spacial score (nSPS) is 21.0. The molecule has 0 unspecified atom stereocenters. The van der Waals surface area contributed by atoms with Crippen molar-refractivity contribution in [2.75, 3.05) is 6.61 Å². The second kappa shape index (κ2) is 4.27. The minimum absolute atomic E-state index is 0.344. The van der Waals surface area contributed by atoms with Gasteiger partial charge in [0, 0.05) is 6.61 Å². The summed E-state index contributed by atoms with van der Waals surface area (Å²) in [6, 6.07) is 0. The van der Waals surface area contributed by atoms with Crippen molar-refractivity contribution in [2.24, 2.45) is 11.3 Å². The van der Waals surface area contributed by atoms with Crippen molar-refractivity contribution in [3.63, 3.8) is 0 Å². The van der Waals surface area contributed by atoms with Gasteiger partial charge in [-0.05, 0) is 30.6 Å². The highest BCUT2D eigenvalue weighted by atomic mass is 16.3.